The van der Waals surface area contributed by atoms with Crippen LogP contribution in [0.2, 0.25) is 0 Å². The van der Waals surface area contributed by atoms with E-state index >= 15 is 0 Å². The molecule has 0 aliphatic heterocycles. The van der Waals surface area contributed by atoms with Crippen LogP contribution in [-0.2, 0) is 0 Å². The fourth-order valence-electron chi connectivity index (χ4n) is 7.09. The molecule has 0 rings (SSSR count). The zero-order chi connectivity index (χ0) is 30.8. The van der Waals surface area contributed by atoms with Crippen LogP contribution in [0.15, 0.2) is 0 Å². The molecule has 0 aliphatic carbocycles. The van der Waals surface area contributed by atoms with E-state index in [1.807, 2.05) is 0 Å². The molecule has 0 heterocycles. The number of hydrogen-bond acceptors (Lipinski definition) is 1. The summed E-state index contributed by atoms with van der Waals surface area (Å²) in [6.45, 7) is 13.3. The molecular formula is C41H85N. The normalized spacial score (nSPS) is 13.3. The summed E-state index contributed by atoms with van der Waals surface area (Å²) < 4.78 is 0. The predicted octanol–water partition coefficient (Wildman–Crippen LogP) is 15.0. The monoisotopic (exact) mass is 592 g/mol. The smallest absolute Gasteiger partial charge is 0.00697 e. The lowest BCUT2D eigenvalue weighted by Gasteiger charge is -2.34. The largest absolute Gasteiger partial charge is 0.298 e. The van der Waals surface area contributed by atoms with Gasteiger partial charge in [0.25, 0.3) is 0 Å². The highest BCUT2D eigenvalue weighted by molar-refractivity contribution is 4.74. The Hall–Kier alpha value is -0.0400. The Morgan fingerprint density at radius 2 is 0.500 bits per heavy atom. The third-order valence-corrected chi connectivity index (χ3v) is 10.1. The van der Waals surface area contributed by atoms with Gasteiger partial charge in [0.05, 0.1) is 0 Å². The van der Waals surface area contributed by atoms with Gasteiger partial charge in [0, 0.05) is 12.1 Å². The molecule has 0 N–H and O–H groups in total. The van der Waals surface area contributed by atoms with Crippen molar-refractivity contribution in [1.82, 2.24) is 4.90 Å². The van der Waals surface area contributed by atoms with Crippen LogP contribution in [0.1, 0.15) is 247 Å². The van der Waals surface area contributed by atoms with Crippen LogP contribution in [-0.4, -0.2) is 23.5 Å². The number of hydrogen-bond donors (Lipinski definition) is 0. The Kier molecular flexibility index (Phi) is 35.4. The Labute approximate surface area is 269 Å². The van der Waals surface area contributed by atoms with Gasteiger partial charge in [-0.15, -0.1) is 0 Å². The first-order valence-corrected chi connectivity index (χ1v) is 20.4. The van der Waals surface area contributed by atoms with Gasteiger partial charge in [-0.1, -0.05) is 213 Å². The van der Waals surface area contributed by atoms with E-state index in [1.54, 1.807) is 0 Å². The van der Waals surface area contributed by atoms with Crippen LogP contribution in [0.4, 0.5) is 0 Å². The fourth-order valence-corrected chi connectivity index (χ4v) is 7.09. The minimum absolute atomic E-state index is 0.762. The topological polar surface area (TPSA) is 3.24 Å². The Bertz CT molecular complexity index is 433. The van der Waals surface area contributed by atoms with Gasteiger partial charge < -0.3 is 0 Å². The van der Waals surface area contributed by atoms with Gasteiger partial charge in [0.15, 0.2) is 0 Å². The third-order valence-electron chi connectivity index (χ3n) is 10.1. The summed E-state index contributed by atoms with van der Waals surface area (Å²) >= 11 is 0. The van der Waals surface area contributed by atoms with Crippen LogP contribution in [0, 0.1) is 0 Å². The Balaban J connectivity index is 3.62. The van der Waals surface area contributed by atoms with Crippen molar-refractivity contribution in [3.8, 4) is 0 Å². The van der Waals surface area contributed by atoms with Crippen molar-refractivity contribution in [1.29, 1.82) is 0 Å². The highest BCUT2D eigenvalue weighted by Gasteiger charge is 2.18. The summed E-state index contributed by atoms with van der Waals surface area (Å²) in [5.41, 5.74) is 0. The van der Waals surface area contributed by atoms with Crippen molar-refractivity contribution in [3.05, 3.63) is 0 Å². The molecule has 0 saturated carbocycles. The molecule has 0 amide bonds. The molecule has 1 heteroatoms. The maximum absolute atomic E-state index is 2.85. The number of nitrogens with zero attached hydrogens (tertiary/aromatic N) is 1. The summed E-state index contributed by atoms with van der Waals surface area (Å²) in [4.78, 5) is 2.85. The van der Waals surface area contributed by atoms with Crippen LogP contribution in [0.5, 0.6) is 0 Å². The molecular weight excluding hydrogens is 506 g/mol. The van der Waals surface area contributed by atoms with Gasteiger partial charge >= 0.3 is 0 Å². The molecule has 0 fully saturated rings. The second-order valence-corrected chi connectivity index (χ2v) is 14.4. The number of rotatable bonds is 36. The number of unbranched alkanes of at least 4 members (excludes halogenated alkanes) is 28. The molecule has 0 aromatic rings. The summed E-state index contributed by atoms with van der Waals surface area (Å²) in [5, 5.41) is 0. The average molecular weight is 592 g/mol. The highest BCUT2D eigenvalue weighted by atomic mass is 15.2. The first kappa shape index (κ1) is 42.0. The summed E-state index contributed by atoms with van der Waals surface area (Å²) in [6.07, 6.45) is 48.0. The van der Waals surface area contributed by atoms with Gasteiger partial charge in [0.2, 0.25) is 0 Å². The van der Waals surface area contributed by atoms with Crippen molar-refractivity contribution in [3.63, 3.8) is 0 Å². The molecule has 0 aromatic heterocycles. The summed E-state index contributed by atoms with van der Waals surface area (Å²) in [7, 11) is 0. The average Bonchev–Trinajstić information content (AvgIpc) is 2.99. The van der Waals surface area contributed by atoms with Crippen LogP contribution in [0.25, 0.3) is 0 Å². The second-order valence-electron chi connectivity index (χ2n) is 14.4. The SMILES string of the molecule is CCCCCCCCCCCCCCCCCC(C)N(CCC)C(C)CCCCCCCCCCCCCCCCC. The molecule has 1 nitrogen and oxygen atoms in total. The second kappa shape index (κ2) is 35.4. The van der Waals surface area contributed by atoms with E-state index in [2.05, 4.69) is 39.5 Å². The van der Waals surface area contributed by atoms with Crippen LogP contribution in [0.3, 0.4) is 0 Å². The molecule has 254 valence electrons. The van der Waals surface area contributed by atoms with Crippen LogP contribution < -0.4 is 0 Å². The van der Waals surface area contributed by atoms with E-state index in [0.29, 0.717) is 0 Å². The molecule has 0 radical (unpaired) electrons. The van der Waals surface area contributed by atoms with E-state index in [1.165, 1.54) is 218 Å². The standard InChI is InChI=1S/C41H85N/c1-6-9-11-13-15-17-19-21-23-25-27-29-31-33-35-37-40(4)42(39-8-3)41(5)38-36-34-32-30-28-26-24-22-20-18-16-14-12-10-7-2/h40-41H,6-39H2,1-5H3. The van der Waals surface area contributed by atoms with E-state index in [4.69, 9.17) is 0 Å². The molecule has 0 bridgehead atoms. The quantitative estimate of drug-likeness (QED) is 0.0655. The van der Waals surface area contributed by atoms with Crippen molar-refractivity contribution >= 4 is 0 Å². The molecule has 0 aliphatic rings. The molecule has 0 saturated heterocycles. The van der Waals surface area contributed by atoms with E-state index < -0.39 is 0 Å². The minimum atomic E-state index is 0.762. The molecule has 2 unspecified atom stereocenters. The lowest BCUT2D eigenvalue weighted by Crippen LogP contribution is -2.40. The van der Waals surface area contributed by atoms with Gasteiger partial charge in [-0.25, -0.2) is 0 Å². The van der Waals surface area contributed by atoms with Crippen molar-refractivity contribution in [2.45, 2.75) is 259 Å². The van der Waals surface area contributed by atoms with Crippen molar-refractivity contribution < 1.29 is 0 Å². The summed E-state index contributed by atoms with van der Waals surface area (Å²) in [5.74, 6) is 0. The van der Waals surface area contributed by atoms with E-state index in [0.717, 1.165) is 12.1 Å². The van der Waals surface area contributed by atoms with Gasteiger partial charge in [0.1, 0.15) is 0 Å². The van der Waals surface area contributed by atoms with E-state index in [9.17, 15) is 0 Å². The Morgan fingerprint density at radius 3 is 0.714 bits per heavy atom. The van der Waals surface area contributed by atoms with Crippen LogP contribution >= 0.6 is 0 Å². The van der Waals surface area contributed by atoms with Gasteiger partial charge in [-0.05, 0) is 39.7 Å². The lowest BCUT2D eigenvalue weighted by atomic mass is 10.0. The van der Waals surface area contributed by atoms with Crippen molar-refractivity contribution in [2.24, 2.45) is 0 Å². The zero-order valence-electron chi connectivity index (χ0n) is 30.6. The maximum atomic E-state index is 2.85. The zero-order valence-corrected chi connectivity index (χ0v) is 30.6. The van der Waals surface area contributed by atoms with Gasteiger partial charge in [-0.2, -0.15) is 0 Å². The lowest BCUT2D eigenvalue weighted by molar-refractivity contribution is 0.135. The highest BCUT2D eigenvalue weighted by Crippen LogP contribution is 2.20. The first-order chi connectivity index (χ1) is 20.7. The molecule has 0 aromatic carbocycles. The third kappa shape index (κ3) is 30.0. The van der Waals surface area contributed by atoms with Crippen molar-refractivity contribution in [2.75, 3.05) is 6.54 Å². The van der Waals surface area contributed by atoms with Gasteiger partial charge in [-0.3, -0.25) is 4.90 Å². The summed E-state index contributed by atoms with van der Waals surface area (Å²) in [6, 6.07) is 1.52. The fraction of sp³-hybridized carbons (Fsp3) is 1.00. The maximum Gasteiger partial charge on any atom is 0.00697 e. The van der Waals surface area contributed by atoms with E-state index in [-0.39, 0.29) is 0 Å². The molecule has 42 heavy (non-hydrogen) atoms. The molecule has 2 atom stereocenters. The predicted molar refractivity (Wildman–Crippen MR) is 195 cm³/mol. The first-order valence-electron chi connectivity index (χ1n) is 20.4. The minimum Gasteiger partial charge on any atom is -0.298 e. The molecule has 0 spiro atoms. The Morgan fingerprint density at radius 1 is 0.286 bits per heavy atom.